The number of halogens is 3. The molecule has 0 bridgehead atoms. The number of ether oxygens (including phenoxy) is 1. The number of aromatic nitrogens is 1. The number of nitrogens with zero attached hydrogens (tertiary/aromatic N) is 2. The Bertz CT molecular complexity index is 1110. The first-order valence-corrected chi connectivity index (χ1v) is 10.2. The molecule has 3 aromatic rings. The van der Waals surface area contributed by atoms with E-state index >= 15 is 0 Å². The molecule has 158 valence electrons. The highest BCUT2D eigenvalue weighted by Gasteiger charge is 2.27. The molecule has 0 aliphatic carbocycles. The molecular weight excluding hydrogens is 410 g/mol. The summed E-state index contributed by atoms with van der Waals surface area (Å²) in [4.78, 5) is 14.3. The number of hydrogen-bond acceptors (Lipinski definition) is 3. The van der Waals surface area contributed by atoms with E-state index in [1.807, 2.05) is 18.2 Å². The van der Waals surface area contributed by atoms with Crippen LogP contribution in [-0.4, -0.2) is 36.1 Å². The van der Waals surface area contributed by atoms with Gasteiger partial charge in [-0.25, -0.2) is 8.78 Å². The molecule has 0 saturated carbocycles. The van der Waals surface area contributed by atoms with E-state index in [0.29, 0.717) is 17.1 Å². The number of rotatable bonds is 5. The maximum atomic E-state index is 14.6. The fourth-order valence-corrected chi connectivity index (χ4v) is 4.54. The Morgan fingerprint density at radius 3 is 2.77 bits per heavy atom. The van der Waals surface area contributed by atoms with Gasteiger partial charge in [0.05, 0.1) is 13.5 Å². The highest BCUT2D eigenvalue weighted by atomic mass is 35.5. The van der Waals surface area contributed by atoms with Crippen molar-refractivity contribution in [3.63, 3.8) is 0 Å². The summed E-state index contributed by atoms with van der Waals surface area (Å²) < 4.78 is 35.1. The summed E-state index contributed by atoms with van der Waals surface area (Å²) >= 11 is 6.26. The molecular formula is C23H23ClF2N2O2. The zero-order chi connectivity index (χ0) is 21.4. The molecule has 0 fully saturated rings. The molecule has 2 aromatic carbocycles. The molecule has 4 nitrogen and oxygen atoms in total. The normalized spacial score (nSPS) is 15.2. The van der Waals surface area contributed by atoms with E-state index in [1.165, 1.54) is 24.8 Å². The quantitative estimate of drug-likeness (QED) is 0.537. The third kappa shape index (κ3) is 3.94. The summed E-state index contributed by atoms with van der Waals surface area (Å²) in [5, 5.41) is 1.75. The third-order valence-electron chi connectivity index (χ3n) is 5.86. The van der Waals surface area contributed by atoms with E-state index in [-0.39, 0.29) is 6.42 Å². The molecule has 0 amide bonds. The molecule has 0 radical (unpaired) electrons. The van der Waals surface area contributed by atoms with Crippen molar-refractivity contribution in [2.45, 2.75) is 31.8 Å². The lowest BCUT2D eigenvalue weighted by Crippen LogP contribution is -2.28. The number of methoxy groups -OCH3 is 1. The Morgan fingerprint density at radius 2 is 2.03 bits per heavy atom. The van der Waals surface area contributed by atoms with Crippen LogP contribution >= 0.6 is 11.6 Å². The minimum atomic E-state index is -0.658. The van der Waals surface area contributed by atoms with Gasteiger partial charge in [0, 0.05) is 53.2 Å². The van der Waals surface area contributed by atoms with Gasteiger partial charge in [0.25, 0.3) is 0 Å². The van der Waals surface area contributed by atoms with Gasteiger partial charge < -0.3 is 14.2 Å². The highest BCUT2D eigenvalue weighted by molar-refractivity contribution is 6.31. The van der Waals surface area contributed by atoms with Crippen molar-refractivity contribution in [1.29, 1.82) is 0 Å². The van der Waals surface area contributed by atoms with Crippen LogP contribution in [0.2, 0.25) is 5.02 Å². The number of carbonyl (C=O) groups is 1. The van der Waals surface area contributed by atoms with Crippen LogP contribution in [-0.2, 0) is 29.0 Å². The average Bonchev–Trinajstić information content (AvgIpc) is 2.99. The zero-order valence-electron chi connectivity index (χ0n) is 16.9. The minimum absolute atomic E-state index is 0.00305. The molecule has 1 unspecified atom stereocenters. The lowest BCUT2D eigenvalue weighted by molar-refractivity contribution is -0.141. The third-order valence-corrected chi connectivity index (χ3v) is 6.09. The fourth-order valence-electron chi connectivity index (χ4n) is 4.37. The molecule has 4 rings (SSSR count). The predicted octanol–water partition coefficient (Wildman–Crippen LogP) is 4.91. The van der Waals surface area contributed by atoms with Crippen LogP contribution in [0.15, 0.2) is 36.4 Å². The first-order chi connectivity index (χ1) is 14.4. The summed E-state index contributed by atoms with van der Waals surface area (Å²) in [6.07, 6.45) is 0.888. The zero-order valence-corrected chi connectivity index (χ0v) is 17.7. The fraction of sp³-hybridized carbons (Fsp3) is 0.348. The van der Waals surface area contributed by atoms with E-state index < -0.39 is 23.5 Å². The van der Waals surface area contributed by atoms with Crippen molar-refractivity contribution in [3.8, 4) is 0 Å². The van der Waals surface area contributed by atoms with Crippen LogP contribution in [0.1, 0.15) is 29.2 Å². The number of esters is 1. The van der Waals surface area contributed by atoms with Gasteiger partial charge >= 0.3 is 5.97 Å². The van der Waals surface area contributed by atoms with Crippen molar-refractivity contribution in [3.05, 3.63) is 69.9 Å². The standard InChI is InChI=1S/C23H23ClF2N2O2/c1-27-8-7-18-19-10-15(24)3-6-21(19)28(22(18)13-27)12-14(9-23(29)30-2)17-5-4-16(25)11-20(17)26/h3-6,10-11,14H,7-9,12-13H2,1-2H3. The summed E-state index contributed by atoms with van der Waals surface area (Å²) in [7, 11) is 3.37. The van der Waals surface area contributed by atoms with E-state index in [4.69, 9.17) is 16.3 Å². The maximum Gasteiger partial charge on any atom is 0.306 e. The van der Waals surface area contributed by atoms with Crippen molar-refractivity contribution in [2.75, 3.05) is 20.7 Å². The lowest BCUT2D eigenvalue weighted by Gasteiger charge is -2.26. The van der Waals surface area contributed by atoms with Gasteiger partial charge in [-0.3, -0.25) is 4.79 Å². The number of likely N-dealkylation sites (N-methyl/N-ethyl adjacent to an activating group) is 1. The molecule has 2 heterocycles. The number of fused-ring (bicyclic) bond motifs is 3. The largest absolute Gasteiger partial charge is 0.469 e. The minimum Gasteiger partial charge on any atom is -0.469 e. The smallest absolute Gasteiger partial charge is 0.306 e. The second kappa shape index (κ2) is 8.36. The van der Waals surface area contributed by atoms with Gasteiger partial charge in [0.15, 0.2) is 0 Å². The molecule has 1 aliphatic rings. The Morgan fingerprint density at radius 1 is 1.23 bits per heavy atom. The van der Waals surface area contributed by atoms with Gasteiger partial charge in [0.2, 0.25) is 0 Å². The van der Waals surface area contributed by atoms with E-state index in [1.54, 1.807) is 0 Å². The molecule has 30 heavy (non-hydrogen) atoms. The second-order valence-corrected chi connectivity index (χ2v) is 8.26. The summed E-state index contributed by atoms with van der Waals surface area (Å²) in [5.74, 6) is -2.24. The first kappa shape index (κ1) is 20.8. The summed E-state index contributed by atoms with van der Waals surface area (Å²) in [5.41, 5.74) is 3.67. The van der Waals surface area contributed by atoms with Crippen LogP contribution in [0.3, 0.4) is 0 Å². The Labute approximate surface area is 179 Å². The number of carbonyl (C=O) groups excluding carboxylic acids is 1. The molecule has 1 aliphatic heterocycles. The Kier molecular flexibility index (Phi) is 5.80. The highest BCUT2D eigenvalue weighted by Crippen LogP contribution is 2.35. The molecule has 0 N–H and O–H groups in total. The molecule has 0 spiro atoms. The molecule has 0 saturated heterocycles. The van der Waals surface area contributed by atoms with Crippen molar-refractivity contribution >= 4 is 28.5 Å². The topological polar surface area (TPSA) is 34.5 Å². The van der Waals surface area contributed by atoms with Gasteiger partial charge in [-0.2, -0.15) is 0 Å². The summed E-state index contributed by atoms with van der Waals surface area (Å²) in [6.45, 7) is 2.06. The van der Waals surface area contributed by atoms with Crippen LogP contribution in [0.4, 0.5) is 8.78 Å². The van der Waals surface area contributed by atoms with Crippen molar-refractivity contribution in [2.24, 2.45) is 0 Å². The van der Waals surface area contributed by atoms with Crippen LogP contribution in [0, 0.1) is 11.6 Å². The molecule has 1 atom stereocenters. The maximum absolute atomic E-state index is 14.6. The average molecular weight is 433 g/mol. The predicted molar refractivity (Wildman–Crippen MR) is 113 cm³/mol. The SMILES string of the molecule is COC(=O)CC(Cn1c2c(c3cc(Cl)ccc31)CCN(C)C2)c1ccc(F)cc1F. The second-order valence-electron chi connectivity index (χ2n) is 7.83. The molecule has 1 aromatic heterocycles. The first-order valence-electron chi connectivity index (χ1n) is 9.87. The molecule has 7 heteroatoms. The van der Waals surface area contributed by atoms with Gasteiger partial charge in [0.1, 0.15) is 11.6 Å². The van der Waals surface area contributed by atoms with Gasteiger partial charge in [-0.15, -0.1) is 0 Å². The van der Waals surface area contributed by atoms with Crippen molar-refractivity contribution < 1.29 is 18.3 Å². The Hall–Kier alpha value is -2.44. The van der Waals surface area contributed by atoms with Crippen LogP contribution < -0.4 is 0 Å². The van der Waals surface area contributed by atoms with Gasteiger partial charge in [-0.1, -0.05) is 17.7 Å². The van der Waals surface area contributed by atoms with E-state index in [0.717, 1.165) is 42.2 Å². The lowest BCUT2D eigenvalue weighted by atomic mass is 9.94. The van der Waals surface area contributed by atoms with Crippen molar-refractivity contribution in [1.82, 2.24) is 9.47 Å². The number of benzene rings is 2. The number of hydrogen-bond donors (Lipinski definition) is 0. The van der Waals surface area contributed by atoms with Gasteiger partial charge in [-0.05, 0) is 48.9 Å². The van der Waals surface area contributed by atoms with Crippen LogP contribution in [0.5, 0.6) is 0 Å². The van der Waals surface area contributed by atoms with E-state index in [9.17, 15) is 13.6 Å². The van der Waals surface area contributed by atoms with E-state index in [2.05, 4.69) is 16.5 Å². The Balaban J connectivity index is 1.83. The van der Waals surface area contributed by atoms with Crippen LogP contribution in [0.25, 0.3) is 10.9 Å². The summed E-state index contributed by atoms with van der Waals surface area (Å²) in [6, 6.07) is 9.26. The monoisotopic (exact) mass is 432 g/mol.